The Bertz CT molecular complexity index is 1100. The third-order valence-corrected chi connectivity index (χ3v) is 4.98. The summed E-state index contributed by atoms with van der Waals surface area (Å²) in [6, 6.07) is 20.4. The van der Waals surface area contributed by atoms with E-state index in [0.717, 1.165) is 5.69 Å². The molecule has 0 unspecified atom stereocenters. The van der Waals surface area contributed by atoms with Crippen LogP contribution < -0.4 is 4.90 Å². The van der Waals surface area contributed by atoms with Gasteiger partial charge in [0.1, 0.15) is 11.5 Å². The SMILES string of the molecule is CCN(C1=C(c2ccc(F)cc2)C(=O)N(Cc2ccccn2)C1=O)c1ccccc1. The van der Waals surface area contributed by atoms with E-state index in [2.05, 4.69) is 4.98 Å². The van der Waals surface area contributed by atoms with Gasteiger partial charge >= 0.3 is 0 Å². The summed E-state index contributed by atoms with van der Waals surface area (Å²) in [5, 5.41) is 0. The summed E-state index contributed by atoms with van der Waals surface area (Å²) in [4.78, 5) is 34.1. The van der Waals surface area contributed by atoms with Crippen LogP contribution in [0.4, 0.5) is 10.1 Å². The molecule has 0 spiro atoms. The van der Waals surface area contributed by atoms with Gasteiger partial charge in [-0.05, 0) is 48.9 Å². The molecule has 0 aliphatic carbocycles. The first-order valence-corrected chi connectivity index (χ1v) is 9.69. The number of benzene rings is 2. The van der Waals surface area contributed by atoms with Gasteiger partial charge in [0.15, 0.2) is 0 Å². The molecule has 150 valence electrons. The van der Waals surface area contributed by atoms with E-state index >= 15 is 0 Å². The lowest BCUT2D eigenvalue weighted by atomic mass is 10.0. The molecule has 30 heavy (non-hydrogen) atoms. The molecule has 0 radical (unpaired) electrons. The lowest BCUT2D eigenvalue weighted by molar-refractivity contribution is -0.137. The maximum Gasteiger partial charge on any atom is 0.278 e. The topological polar surface area (TPSA) is 53.5 Å². The monoisotopic (exact) mass is 401 g/mol. The number of nitrogens with zero attached hydrogens (tertiary/aromatic N) is 3. The van der Waals surface area contributed by atoms with E-state index in [0.29, 0.717) is 17.8 Å². The number of hydrogen-bond acceptors (Lipinski definition) is 4. The first-order valence-electron chi connectivity index (χ1n) is 9.69. The molecule has 5 nitrogen and oxygen atoms in total. The maximum absolute atomic E-state index is 13.5. The summed E-state index contributed by atoms with van der Waals surface area (Å²) < 4.78 is 13.5. The van der Waals surface area contributed by atoms with Crippen molar-refractivity contribution in [2.45, 2.75) is 13.5 Å². The summed E-state index contributed by atoms with van der Waals surface area (Å²) in [6.07, 6.45) is 1.62. The van der Waals surface area contributed by atoms with Crippen molar-refractivity contribution < 1.29 is 14.0 Å². The molecule has 1 aliphatic heterocycles. The largest absolute Gasteiger partial charge is 0.337 e. The van der Waals surface area contributed by atoms with E-state index in [1.807, 2.05) is 48.2 Å². The van der Waals surface area contributed by atoms with Crippen molar-refractivity contribution in [2.24, 2.45) is 0 Å². The summed E-state index contributed by atoms with van der Waals surface area (Å²) in [7, 11) is 0. The zero-order chi connectivity index (χ0) is 21.1. The number of amides is 2. The summed E-state index contributed by atoms with van der Waals surface area (Å²) >= 11 is 0. The quantitative estimate of drug-likeness (QED) is 0.586. The number of rotatable bonds is 6. The molecular weight excluding hydrogens is 381 g/mol. The number of carbonyl (C=O) groups excluding carboxylic acids is 2. The molecule has 2 aromatic carbocycles. The normalized spacial score (nSPS) is 13.9. The van der Waals surface area contributed by atoms with Crippen LogP contribution in [-0.4, -0.2) is 28.2 Å². The second-order valence-corrected chi connectivity index (χ2v) is 6.83. The highest BCUT2D eigenvalue weighted by Crippen LogP contribution is 2.34. The lowest BCUT2D eigenvalue weighted by Gasteiger charge is -2.24. The molecule has 1 aromatic heterocycles. The van der Waals surface area contributed by atoms with Crippen LogP contribution in [0.3, 0.4) is 0 Å². The highest BCUT2D eigenvalue weighted by atomic mass is 19.1. The van der Waals surface area contributed by atoms with E-state index in [4.69, 9.17) is 0 Å². The Kier molecular flexibility index (Phi) is 5.39. The van der Waals surface area contributed by atoms with Gasteiger partial charge in [0.25, 0.3) is 11.8 Å². The molecule has 3 aromatic rings. The van der Waals surface area contributed by atoms with Gasteiger partial charge in [-0.1, -0.05) is 36.4 Å². The van der Waals surface area contributed by atoms with Crippen LogP contribution in [0.2, 0.25) is 0 Å². The summed E-state index contributed by atoms with van der Waals surface area (Å²) in [5.74, 6) is -1.21. The molecule has 4 rings (SSSR count). The van der Waals surface area contributed by atoms with Crippen molar-refractivity contribution in [3.8, 4) is 0 Å². The molecule has 2 heterocycles. The number of pyridine rings is 1. The van der Waals surface area contributed by atoms with Crippen molar-refractivity contribution in [3.05, 3.63) is 102 Å². The minimum Gasteiger partial charge on any atom is -0.337 e. The minimum absolute atomic E-state index is 0.0685. The Balaban J connectivity index is 1.82. The average molecular weight is 401 g/mol. The molecule has 2 amide bonds. The lowest BCUT2D eigenvalue weighted by Crippen LogP contribution is -2.35. The predicted molar refractivity (Wildman–Crippen MR) is 113 cm³/mol. The van der Waals surface area contributed by atoms with E-state index in [9.17, 15) is 14.0 Å². The number of aromatic nitrogens is 1. The van der Waals surface area contributed by atoms with Gasteiger partial charge < -0.3 is 4.90 Å². The van der Waals surface area contributed by atoms with Gasteiger partial charge in [-0.15, -0.1) is 0 Å². The van der Waals surface area contributed by atoms with Gasteiger partial charge in [0.05, 0.1) is 17.8 Å². The van der Waals surface area contributed by atoms with Crippen LogP contribution in [0, 0.1) is 5.82 Å². The molecule has 0 atom stereocenters. The van der Waals surface area contributed by atoms with E-state index < -0.39 is 17.6 Å². The van der Waals surface area contributed by atoms with Crippen molar-refractivity contribution in [1.29, 1.82) is 0 Å². The van der Waals surface area contributed by atoms with Gasteiger partial charge in [-0.25, -0.2) is 4.39 Å². The zero-order valence-electron chi connectivity index (χ0n) is 16.5. The van der Waals surface area contributed by atoms with Crippen LogP contribution in [0.1, 0.15) is 18.2 Å². The Morgan fingerprint density at radius 3 is 2.23 bits per heavy atom. The number of para-hydroxylation sites is 1. The van der Waals surface area contributed by atoms with Gasteiger partial charge in [-0.3, -0.25) is 19.5 Å². The van der Waals surface area contributed by atoms with E-state index in [-0.39, 0.29) is 17.8 Å². The molecule has 0 fully saturated rings. The van der Waals surface area contributed by atoms with Crippen LogP contribution in [0.15, 0.2) is 84.7 Å². The van der Waals surface area contributed by atoms with Crippen molar-refractivity contribution in [2.75, 3.05) is 11.4 Å². The number of carbonyl (C=O) groups is 2. The second-order valence-electron chi connectivity index (χ2n) is 6.83. The van der Waals surface area contributed by atoms with Gasteiger partial charge in [0.2, 0.25) is 0 Å². The molecule has 6 heteroatoms. The minimum atomic E-state index is -0.415. The Labute approximate surface area is 174 Å². The molecule has 0 bridgehead atoms. The molecule has 0 N–H and O–H groups in total. The molecule has 1 aliphatic rings. The Morgan fingerprint density at radius 2 is 1.60 bits per heavy atom. The smallest absolute Gasteiger partial charge is 0.278 e. The maximum atomic E-state index is 13.5. The van der Waals surface area contributed by atoms with E-state index in [1.54, 1.807) is 18.3 Å². The third-order valence-electron chi connectivity index (χ3n) is 4.98. The van der Waals surface area contributed by atoms with Crippen LogP contribution >= 0.6 is 0 Å². The first-order chi connectivity index (χ1) is 14.6. The third kappa shape index (κ3) is 3.59. The first kappa shape index (κ1) is 19.5. The number of imide groups is 1. The van der Waals surface area contributed by atoms with Crippen molar-refractivity contribution in [1.82, 2.24) is 9.88 Å². The van der Waals surface area contributed by atoms with Crippen LogP contribution in [-0.2, 0) is 16.1 Å². The predicted octanol–water partition coefficient (Wildman–Crippen LogP) is 4.03. The van der Waals surface area contributed by atoms with Crippen molar-refractivity contribution in [3.63, 3.8) is 0 Å². The summed E-state index contributed by atoms with van der Waals surface area (Å²) in [6.45, 7) is 2.47. The number of hydrogen-bond donors (Lipinski definition) is 0. The molecular formula is C24H20FN3O2. The standard InChI is InChI=1S/C24H20FN3O2/c1-2-27(20-9-4-3-5-10-20)22-21(17-11-13-18(25)14-12-17)23(29)28(24(22)30)16-19-8-6-7-15-26-19/h3-15H,2,16H2,1H3. The highest BCUT2D eigenvalue weighted by Gasteiger charge is 2.41. The highest BCUT2D eigenvalue weighted by molar-refractivity contribution is 6.36. The van der Waals surface area contributed by atoms with E-state index in [1.165, 1.54) is 29.2 Å². The fraction of sp³-hybridized carbons (Fsp3) is 0.125. The number of anilines is 1. The second kappa shape index (κ2) is 8.29. The van der Waals surface area contributed by atoms with Gasteiger partial charge in [0, 0.05) is 18.4 Å². The molecule has 0 saturated carbocycles. The van der Waals surface area contributed by atoms with Crippen molar-refractivity contribution >= 4 is 23.1 Å². The molecule has 0 saturated heterocycles. The van der Waals surface area contributed by atoms with Gasteiger partial charge in [-0.2, -0.15) is 0 Å². The Morgan fingerprint density at radius 1 is 0.900 bits per heavy atom. The number of halogens is 1. The number of likely N-dealkylation sites (N-methyl/N-ethyl adjacent to an activating group) is 1. The average Bonchev–Trinajstić information content (AvgIpc) is 3.01. The Hall–Kier alpha value is -3.80. The fourth-order valence-corrected chi connectivity index (χ4v) is 3.57. The van der Waals surface area contributed by atoms with Crippen LogP contribution in [0.25, 0.3) is 5.57 Å². The van der Waals surface area contributed by atoms with Crippen LogP contribution in [0.5, 0.6) is 0 Å². The fourth-order valence-electron chi connectivity index (χ4n) is 3.57. The summed E-state index contributed by atoms with van der Waals surface area (Å²) in [5.41, 5.74) is 2.47. The zero-order valence-corrected chi connectivity index (χ0v) is 16.5.